The summed E-state index contributed by atoms with van der Waals surface area (Å²) in [7, 11) is 0. The van der Waals surface area contributed by atoms with Gasteiger partial charge in [0.15, 0.2) is 0 Å². The van der Waals surface area contributed by atoms with Gasteiger partial charge in [0.05, 0.1) is 6.54 Å². The summed E-state index contributed by atoms with van der Waals surface area (Å²) in [6.45, 7) is 4.76. The van der Waals surface area contributed by atoms with Crippen molar-refractivity contribution in [3.05, 3.63) is 118 Å². The van der Waals surface area contributed by atoms with Gasteiger partial charge in [-0.05, 0) is 47.7 Å². The topological polar surface area (TPSA) is 22.0 Å². The average molecular weight is 365 g/mol. The second-order valence-electron chi connectivity index (χ2n) is 7.32. The van der Waals surface area contributed by atoms with Crippen LogP contribution < -0.4 is 5.56 Å². The summed E-state index contributed by atoms with van der Waals surface area (Å²) < 4.78 is 1.79. The summed E-state index contributed by atoms with van der Waals surface area (Å²) in [6, 6.07) is 28.8. The molecule has 0 radical (unpaired) electrons. The molecule has 2 nitrogen and oxygen atoms in total. The quantitative estimate of drug-likeness (QED) is 0.445. The number of rotatable bonds is 4. The minimum atomic E-state index is 0.0174. The molecule has 0 fully saturated rings. The van der Waals surface area contributed by atoms with E-state index in [4.69, 9.17) is 0 Å². The summed E-state index contributed by atoms with van der Waals surface area (Å²) in [5, 5.41) is 0. The summed E-state index contributed by atoms with van der Waals surface area (Å²) >= 11 is 0. The predicted octanol–water partition coefficient (Wildman–Crippen LogP) is 5.85. The molecule has 138 valence electrons. The highest BCUT2D eigenvalue weighted by atomic mass is 16.1. The molecule has 0 aliphatic heterocycles. The van der Waals surface area contributed by atoms with Crippen molar-refractivity contribution in [3.63, 3.8) is 0 Å². The Balaban J connectivity index is 1.64. The molecule has 0 atom stereocenters. The van der Waals surface area contributed by atoms with Crippen molar-refractivity contribution in [1.82, 2.24) is 4.57 Å². The Morgan fingerprint density at radius 3 is 1.82 bits per heavy atom. The van der Waals surface area contributed by atoms with Crippen molar-refractivity contribution < 1.29 is 0 Å². The van der Waals surface area contributed by atoms with Gasteiger partial charge >= 0.3 is 0 Å². The van der Waals surface area contributed by atoms with Crippen molar-refractivity contribution >= 4 is 0 Å². The second kappa shape index (κ2) is 7.69. The van der Waals surface area contributed by atoms with Crippen LogP contribution >= 0.6 is 0 Å². The molecule has 2 heteroatoms. The monoisotopic (exact) mass is 365 g/mol. The Morgan fingerprint density at radius 1 is 0.643 bits per heavy atom. The fourth-order valence-electron chi connectivity index (χ4n) is 3.67. The molecule has 0 aliphatic carbocycles. The van der Waals surface area contributed by atoms with Gasteiger partial charge in [0.1, 0.15) is 0 Å². The van der Waals surface area contributed by atoms with Gasteiger partial charge in [-0.1, -0.05) is 83.9 Å². The molecule has 0 N–H and O–H groups in total. The van der Waals surface area contributed by atoms with E-state index in [1.807, 2.05) is 30.5 Å². The van der Waals surface area contributed by atoms with Crippen LogP contribution in [-0.4, -0.2) is 4.57 Å². The lowest BCUT2D eigenvalue weighted by atomic mass is 10.0. The van der Waals surface area contributed by atoms with E-state index in [1.165, 1.54) is 22.3 Å². The number of pyridine rings is 1. The van der Waals surface area contributed by atoms with Gasteiger partial charge in [0.25, 0.3) is 5.56 Å². The maximum atomic E-state index is 12.4. The van der Waals surface area contributed by atoms with Gasteiger partial charge in [-0.25, -0.2) is 0 Å². The first-order valence-electron chi connectivity index (χ1n) is 9.52. The van der Waals surface area contributed by atoms with Gasteiger partial charge in [-0.15, -0.1) is 0 Å². The summed E-state index contributed by atoms with van der Waals surface area (Å²) in [5.74, 6) is 0. The maximum absolute atomic E-state index is 12.4. The summed E-state index contributed by atoms with van der Waals surface area (Å²) in [4.78, 5) is 12.4. The van der Waals surface area contributed by atoms with Crippen LogP contribution in [0, 0.1) is 13.8 Å². The van der Waals surface area contributed by atoms with E-state index in [2.05, 4.69) is 68.4 Å². The van der Waals surface area contributed by atoms with Gasteiger partial charge in [0, 0.05) is 12.3 Å². The number of benzene rings is 3. The van der Waals surface area contributed by atoms with Crippen molar-refractivity contribution in [2.24, 2.45) is 0 Å². The Morgan fingerprint density at radius 2 is 1.18 bits per heavy atom. The van der Waals surface area contributed by atoms with Gasteiger partial charge in [-0.3, -0.25) is 4.79 Å². The third kappa shape index (κ3) is 3.96. The minimum Gasteiger partial charge on any atom is -0.310 e. The van der Waals surface area contributed by atoms with E-state index in [0.717, 1.165) is 16.7 Å². The maximum Gasteiger partial charge on any atom is 0.250 e. The molecule has 0 spiro atoms. The Kier molecular flexibility index (Phi) is 4.94. The first-order valence-corrected chi connectivity index (χ1v) is 9.52. The van der Waals surface area contributed by atoms with Crippen molar-refractivity contribution in [3.8, 4) is 22.3 Å². The van der Waals surface area contributed by atoms with Gasteiger partial charge in [0.2, 0.25) is 0 Å². The molecule has 0 unspecified atom stereocenters. The van der Waals surface area contributed by atoms with E-state index in [9.17, 15) is 4.79 Å². The number of hydrogen-bond acceptors (Lipinski definition) is 1. The average Bonchev–Trinajstić information content (AvgIpc) is 2.70. The second-order valence-corrected chi connectivity index (χ2v) is 7.32. The lowest BCUT2D eigenvalue weighted by molar-refractivity contribution is 0.759. The molecule has 1 heterocycles. The molecule has 0 saturated carbocycles. The first kappa shape index (κ1) is 18.0. The molecule has 4 aromatic rings. The fraction of sp³-hybridized carbons (Fsp3) is 0.115. The van der Waals surface area contributed by atoms with Gasteiger partial charge < -0.3 is 4.57 Å². The molecule has 4 rings (SSSR count). The van der Waals surface area contributed by atoms with E-state index in [-0.39, 0.29) is 5.56 Å². The molecular weight excluding hydrogens is 342 g/mol. The smallest absolute Gasteiger partial charge is 0.250 e. The summed E-state index contributed by atoms with van der Waals surface area (Å²) in [5.41, 5.74) is 8.14. The van der Waals surface area contributed by atoms with Crippen LogP contribution in [0.25, 0.3) is 22.3 Å². The molecule has 0 aliphatic rings. The number of aromatic nitrogens is 1. The zero-order valence-corrected chi connectivity index (χ0v) is 16.2. The van der Waals surface area contributed by atoms with Crippen molar-refractivity contribution in [1.29, 1.82) is 0 Å². The SMILES string of the molecule is Cc1cc(C)cc(Cn2cc(-c3ccc(-c4ccccc4)cc3)ccc2=O)c1. The first-order chi connectivity index (χ1) is 13.6. The lowest BCUT2D eigenvalue weighted by Crippen LogP contribution is -2.19. The van der Waals surface area contributed by atoms with Crippen LogP contribution in [0.3, 0.4) is 0 Å². The third-order valence-electron chi connectivity index (χ3n) is 4.94. The number of nitrogens with zero attached hydrogens (tertiary/aromatic N) is 1. The third-order valence-corrected chi connectivity index (χ3v) is 4.94. The number of hydrogen-bond donors (Lipinski definition) is 0. The highest BCUT2D eigenvalue weighted by molar-refractivity contribution is 5.69. The highest BCUT2D eigenvalue weighted by Gasteiger charge is 2.05. The molecule has 0 saturated heterocycles. The van der Waals surface area contributed by atoms with Crippen molar-refractivity contribution in [2.45, 2.75) is 20.4 Å². The Hall–Kier alpha value is -3.39. The molecule has 0 amide bonds. The minimum absolute atomic E-state index is 0.0174. The van der Waals surface area contributed by atoms with E-state index >= 15 is 0 Å². The van der Waals surface area contributed by atoms with Crippen molar-refractivity contribution in [2.75, 3.05) is 0 Å². The molecule has 28 heavy (non-hydrogen) atoms. The van der Waals surface area contributed by atoms with E-state index in [1.54, 1.807) is 10.6 Å². The molecule has 0 bridgehead atoms. The summed E-state index contributed by atoms with van der Waals surface area (Å²) in [6.07, 6.45) is 1.96. The van der Waals surface area contributed by atoms with Gasteiger partial charge in [-0.2, -0.15) is 0 Å². The Labute approximate surface area is 165 Å². The normalized spacial score (nSPS) is 10.8. The number of aryl methyl sites for hydroxylation is 2. The highest BCUT2D eigenvalue weighted by Crippen LogP contribution is 2.24. The van der Waals surface area contributed by atoms with Crippen LogP contribution in [0.5, 0.6) is 0 Å². The van der Waals surface area contributed by atoms with Crippen LogP contribution in [0.15, 0.2) is 95.9 Å². The van der Waals surface area contributed by atoms with E-state index in [0.29, 0.717) is 6.54 Å². The van der Waals surface area contributed by atoms with Crippen LogP contribution in [-0.2, 0) is 6.54 Å². The zero-order valence-electron chi connectivity index (χ0n) is 16.2. The molecule has 3 aromatic carbocycles. The molecule has 1 aromatic heterocycles. The fourth-order valence-corrected chi connectivity index (χ4v) is 3.67. The van der Waals surface area contributed by atoms with Crippen LogP contribution in [0.4, 0.5) is 0 Å². The standard InChI is InChI=1S/C26H23NO/c1-19-14-20(2)16-21(15-19)17-27-18-25(12-13-26(27)28)24-10-8-23(9-11-24)22-6-4-3-5-7-22/h3-16,18H,17H2,1-2H3. The van der Waals surface area contributed by atoms with Crippen LogP contribution in [0.1, 0.15) is 16.7 Å². The Bertz CT molecular complexity index is 1130. The van der Waals surface area contributed by atoms with E-state index < -0.39 is 0 Å². The zero-order chi connectivity index (χ0) is 19.5. The predicted molar refractivity (Wildman–Crippen MR) is 117 cm³/mol. The largest absolute Gasteiger partial charge is 0.310 e. The lowest BCUT2D eigenvalue weighted by Gasteiger charge is -2.11. The molecular formula is C26H23NO. The van der Waals surface area contributed by atoms with Crippen LogP contribution in [0.2, 0.25) is 0 Å².